The number of phosphoric ester groups is 1. The molecule has 0 aromatic rings. The van der Waals surface area contributed by atoms with Crippen molar-refractivity contribution in [1.82, 2.24) is 0 Å². The van der Waals surface area contributed by atoms with Crippen LogP contribution >= 0.6 is 7.82 Å². The van der Waals surface area contributed by atoms with Crippen molar-refractivity contribution < 1.29 is 58.3 Å². The van der Waals surface area contributed by atoms with Gasteiger partial charge in [0, 0.05) is 13.0 Å². The predicted octanol–water partition coefficient (Wildman–Crippen LogP) is 15.2. The van der Waals surface area contributed by atoms with Crippen molar-refractivity contribution in [3.63, 3.8) is 0 Å². The van der Waals surface area contributed by atoms with Gasteiger partial charge in [0.1, 0.15) is 42.7 Å². The van der Waals surface area contributed by atoms with Gasteiger partial charge in [-0.25, -0.2) is 4.57 Å². The molecule has 6 N–H and O–H groups in total. The summed E-state index contributed by atoms with van der Waals surface area (Å²) in [5.41, 5.74) is 0. The maximum atomic E-state index is 12.9. The molecule has 12 nitrogen and oxygen atoms in total. The fourth-order valence-electron chi connectivity index (χ4n) is 9.74. The summed E-state index contributed by atoms with van der Waals surface area (Å²) >= 11 is 0. The van der Waals surface area contributed by atoms with E-state index in [4.69, 9.17) is 18.5 Å². The standard InChI is InChI=1S/C60H115O12P/c1-3-5-7-9-11-13-15-17-19-21-23-25-27-28-30-32-34-36-38-40-42-44-46-48-50-69-51-53(52-70-73(67,68)72-60-58(65)56(63)55(62)57(64)59(60)66)71-54(61)49-47-45-43-41-39-37-35-33-31-29-26-24-22-20-18-16-14-12-10-8-6-4-2/h15,17,21,23,53,55-60,62-66H,3-14,16,18-20,22,24-52H2,1-2H3,(H,67,68)/b17-15-,23-21-. The molecule has 13 heteroatoms. The second-order valence-corrected chi connectivity index (χ2v) is 23.0. The second-order valence-electron chi connectivity index (χ2n) is 21.6. The van der Waals surface area contributed by atoms with Crippen LogP contribution in [0.4, 0.5) is 0 Å². The zero-order chi connectivity index (χ0) is 53.3. The second kappa shape index (κ2) is 50.3. The first-order chi connectivity index (χ1) is 35.5. The molecule has 432 valence electrons. The Kier molecular flexibility index (Phi) is 48.1. The number of aliphatic hydroxyl groups is 5. The molecule has 1 rings (SSSR count). The first-order valence-electron chi connectivity index (χ1n) is 30.7. The van der Waals surface area contributed by atoms with Crippen molar-refractivity contribution in [2.75, 3.05) is 19.8 Å². The zero-order valence-corrected chi connectivity index (χ0v) is 47.9. The number of allylic oxidation sites excluding steroid dienone is 4. The maximum Gasteiger partial charge on any atom is 0.472 e. The van der Waals surface area contributed by atoms with Crippen molar-refractivity contribution in [2.24, 2.45) is 0 Å². The van der Waals surface area contributed by atoms with Gasteiger partial charge in [-0.05, 0) is 44.9 Å². The Balaban J connectivity index is 2.24. The third kappa shape index (κ3) is 41.6. The number of rotatable bonds is 54. The Morgan fingerprint density at radius 1 is 0.438 bits per heavy atom. The van der Waals surface area contributed by atoms with E-state index in [1.165, 1.54) is 218 Å². The number of carbonyl (C=O) groups excluding carboxylic acids is 1. The van der Waals surface area contributed by atoms with Gasteiger partial charge in [0.25, 0.3) is 0 Å². The van der Waals surface area contributed by atoms with E-state index in [0.717, 1.165) is 44.9 Å². The average molecular weight is 1060 g/mol. The van der Waals surface area contributed by atoms with Crippen molar-refractivity contribution in [2.45, 2.75) is 333 Å². The van der Waals surface area contributed by atoms with Crippen LogP contribution in [0.3, 0.4) is 0 Å². The van der Waals surface area contributed by atoms with Crippen LogP contribution in [-0.4, -0.2) is 98.9 Å². The molecule has 6 unspecified atom stereocenters. The van der Waals surface area contributed by atoms with Gasteiger partial charge in [0.05, 0.1) is 13.2 Å². The summed E-state index contributed by atoms with van der Waals surface area (Å²) in [6.45, 7) is 4.32. The monoisotopic (exact) mass is 1060 g/mol. The van der Waals surface area contributed by atoms with Gasteiger partial charge in [-0.2, -0.15) is 0 Å². The summed E-state index contributed by atoms with van der Waals surface area (Å²) in [7, 11) is -5.03. The molecule has 1 fully saturated rings. The summed E-state index contributed by atoms with van der Waals surface area (Å²) in [5.74, 6) is -0.470. The molecule has 73 heavy (non-hydrogen) atoms. The van der Waals surface area contributed by atoms with Crippen LogP contribution in [-0.2, 0) is 27.9 Å². The molecule has 1 aliphatic carbocycles. The number of esters is 1. The molecule has 0 heterocycles. The van der Waals surface area contributed by atoms with Crippen molar-refractivity contribution in [1.29, 1.82) is 0 Å². The molecule has 1 aliphatic rings. The average Bonchev–Trinajstić information content (AvgIpc) is 3.38. The molecule has 6 atom stereocenters. The van der Waals surface area contributed by atoms with Gasteiger partial charge >= 0.3 is 13.8 Å². The van der Waals surface area contributed by atoms with E-state index in [1.807, 2.05) is 0 Å². The fraction of sp³-hybridized carbons (Fsp3) is 0.917. The molecule has 0 amide bonds. The topological polar surface area (TPSA) is 192 Å². The lowest BCUT2D eigenvalue weighted by molar-refractivity contribution is -0.220. The molecule has 0 saturated heterocycles. The van der Waals surface area contributed by atoms with E-state index in [1.54, 1.807) is 0 Å². The number of aliphatic hydroxyl groups excluding tert-OH is 5. The normalized spacial score (nSPS) is 20.6. The smallest absolute Gasteiger partial charge is 0.457 e. The third-order valence-electron chi connectivity index (χ3n) is 14.6. The highest BCUT2D eigenvalue weighted by atomic mass is 31.2. The molecule has 0 radical (unpaired) electrons. The van der Waals surface area contributed by atoms with E-state index < -0.39 is 63.1 Å². The van der Waals surface area contributed by atoms with Gasteiger partial charge in [-0.1, -0.05) is 263 Å². The van der Waals surface area contributed by atoms with E-state index >= 15 is 0 Å². The number of phosphoric acid groups is 1. The first kappa shape index (κ1) is 69.8. The van der Waals surface area contributed by atoms with Gasteiger partial charge in [-0.3, -0.25) is 13.8 Å². The van der Waals surface area contributed by atoms with E-state index in [9.17, 15) is 39.8 Å². The minimum Gasteiger partial charge on any atom is -0.457 e. The van der Waals surface area contributed by atoms with Crippen molar-refractivity contribution in [3.8, 4) is 0 Å². The minimum absolute atomic E-state index is 0.0724. The number of ether oxygens (including phenoxy) is 2. The SMILES string of the molecule is CCCCCCC/C=C\C/C=C\CCCCCCCCCCCCCCOCC(COP(=O)(O)OC1C(O)C(O)C(O)C(O)C1O)OC(=O)CCCCCCCCCCCCCCCCCCCCCCCC. The molecule has 0 aliphatic heterocycles. The number of hydrogen-bond acceptors (Lipinski definition) is 11. The summed E-state index contributed by atoms with van der Waals surface area (Å²) in [5, 5.41) is 50.5. The van der Waals surface area contributed by atoms with Crippen molar-refractivity contribution in [3.05, 3.63) is 24.3 Å². The molecule has 0 spiro atoms. The fourth-order valence-corrected chi connectivity index (χ4v) is 10.7. The highest BCUT2D eigenvalue weighted by molar-refractivity contribution is 7.47. The Morgan fingerprint density at radius 2 is 0.767 bits per heavy atom. The lowest BCUT2D eigenvalue weighted by Crippen LogP contribution is -2.64. The maximum absolute atomic E-state index is 12.9. The van der Waals surface area contributed by atoms with Crippen LogP contribution in [0.15, 0.2) is 24.3 Å². The summed E-state index contributed by atoms with van der Waals surface area (Å²) in [4.78, 5) is 23.4. The largest absolute Gasteiger partial charge is 0.472 e. The third-order valence-corrected chi connectivity index (χ3v) is 15.6. The van der Waals surface area contributed by atoms with E-state index in [0.29, 0.717) is 13.0 Å². The number of carbonyl (C=O) groups is 1. The van der Waals surface area contributed by atoms with Crippen LogP contribution in [0.5, 0.6) is 0 Å². The van der Waals surface area contributed by atoms with Crippen LogP contribution in [0.25, 0.3) is 0 Å². The van der Waals surface area contributed by atoms with Gasteiger partial charge in [-0.15, -0.1) is 0 Å². The van der Waals surface area contributed by atoms with E-state index in [-0.39, 0.29) is 13.0 Å². The molecule has 0 aromatic heterocycles. The van der Waals surface area contributed by atoms with Gasteiger partial charge in [0.2, 0.25) is 0 Å². The summed E-state index contributed by atoms with van der Waals surface area (Å²) in [6, 6.07) is 0. The minimum atomic E-state index is -5.03. The Labute approximate surface area is 447 Å². The molecule has 1 saturated carbocycles. The number of unbranched alkanes of at least 4 members (excludes halogenated alkanes) is 38. The van der Waals surface area contributed by atoms with Crippen LogP contribution in [0.1, 0.15) is 290 Å². The van der Waals surface area contributed by atoms with Crippen LogP contribution in [0.2, 0.25) is 0 Å². The molecule has 0 aromatic carbocycles. The quantitative estimate of drug-likeness (QED) is 0.0146. The van der Waals surface area contributed by atoms with Gasteiger partial charge in [0.15, 0.2) is 0 Å². The highest BCUT2D eigenvalue weighted by Crippen LogP contribution is 2.47. The van der Waals surface area contributed by atoms with Gasteiger partial charge < -0.3 is 39.9 Å². The first-order valence-corrected chi connectivity index (χ1v) is 32.2. The zero-order valence-electron chi connectivity index (χ0n) is 47.0. The number of hydrogen-bond donors (Lipinski definition) is 6. The molecular weight excluding hydrogens is 944 g/mol. The molecular formula is C60H115O12P. The van der Waals surface area contributed by atoms with E-state index in [2.05, 4.69) is 38.2 Å². The van der Waals surface area contributed by atoms with Crippen molar-refractivity contribution >= 4 is 13.8 Å². The summed E-state index contributed by atoms with van der Waals surface area (Å²) in [6.07, 6.45) is 49.7. The highest BCUT2D eigenvalue weighted by Gasteiger charge is 2.51. The Bertz CT molecular complexity index is 1300. The predicted molar refractivity (Wildman–Crippen MR) is 300 cm³/mol. The Hall–Kier alpha value is -1.18. The lowest BCUT2D eigenvalue weighted by atomic mass is 9.85. The Morgan fingerprint density at radius 3 is 1.15 bits per heavy atom. The molecule has 0 bridgehead atoms. The summed E-state index contributed by atoms with van der Waals surface area (Å²) < 4.78 is 34.5. The lowest BCUT2D eigenvalue weighted by Gasteiger charge is -2.41. The van der Waals surface area contributed by atoms with Crippen LogP contribution < -0.4 is 0 Å². The van der Waals surface area contributed by atoms with Crippen LogP contribution in [0, 0.1) is 0 Å².